The fraction of sp³-hybridized carbons (Fsp3) is 0.500. The molecule has 0 atom stereocenters. The van der Waals surface area contributed by atoms with Crippen LogP contribution in [0.2, 0.25) is 5.02 Å². The number of alkyl halides is 1. The zero-order chi connectivity index (χ0) is 13.0. The summed E-state index contributed by atoms with van der Waals surface area (Å²) in [6.45, 7) is 0. The van der Waals surface area contributed by atoms with Crippen LogP contribution in [-0.4, -0.2) is 17.3 Å². The van der Waals surface area contributed by atoms with Crippen molar-refractivity contribution < 1.29 is 4.79 Å². The van der Waals surface area contributed by atoms with Gasteiger partial charge in [-0.2, -0.15) is 0 Å². The maximum absolute atomic E-state index is 12.0. The fourth-order valence-corrected chi connectivity index (χ4v) is 2.93. The van der Waals surface area contributed by atoms with Crippen LogP contribution in [0.4, 0.5) is 0 Å². The number of hydrogen-bond donors (Lipinski definition) is 1. The summed E-state index contributed by atoms with van der Waals surface area (Å²) < 4.78 is 0. The molecule has 0 unspecified atom stereocenters. The molecular formula is C14H17Cl2NO. The molecule has 4 heteroatoms. The van der Waals surface area contributed by atoms with Gasteiger partial charge in [0.05, 0.1) is 12.0 Å². The van der Waals surface area contributed by atoms with E-state index in [4.69, 9.17) is 23.2 Å². The lowest BCUT2D eigenvalue weighted by Gasteiger charge is -2.27. The highest BCUT2D eigenvalue weighted by atomic mass is 35.5. The van der Waals surface area contributed by atoms with Gasteiger partial charge >= 0.3 is 0 Å². The molecule has 1 aromatic carbocycles. The molecule has 2 nitrogen and oxygen atoms in total. The highest BCUT2D eigenvalue weighted by molar-refractivity contribution is 6.30. The molecular weight excluding hydrogens is 269 g/mol. The van der Waals surface area contributed by atoms with E-state index >= 15 is 0 Å². The molecule has 0 saturated heterocycles. The Kier molecular flexibility index (Phi) is 4.52. The minimum atomic E-state index is -0.176. The number of carbonyl (C=O) groups is 1. The van der Waals surface area contributed by atoms with Gasteiger partial charge in [-0.1, -0.05) is 36.6 Å². The molecule has 0 bridgehead atoms. The van der Waals surface area contributed by atoms with Gasteiger partial charge in [-0.3, -0.25) is 4.79 Å². The first kappa shape index (κ1) is 13.7. The van der Waals surface area contributed by atoms with E-state index in [2.05, 4.69) is 5.32 Å². The minimum Gasteiger partial charge on any atom is -0.349 e. The van der Waals surface area contributed by atoms with Crippen LogP contribution < -0.4 is 5.32 Å². The lowest BCUT2D eigenvalue weighted by molar-refractivity contribution is -0.122. The summed E-state index contributed by atoms with van der Waals surface area (Å²) in [7, 11) is 0. The van der Waals surface area contributed by atoms with E-state index in [1.165, 1.54) is 0 Å². The number of carbonyl (C=O) groups excluding carboxylic acids is 1. The molecule has 98 valence electrons. The van der Waals surface area contributed by atoms with Crippen molar-refractivity contribution >= 4 is 29.1 Å². The SMILES string of the molecule is O=C(Cc1ccc(Cl)cc1)NC1(CCl)CCCC1. The predicted molar refractivity (Wildman–Crippen MR) is 75.2 cm³/mol. The maximum atomic E-state index is 12.0. The molecule has 0 aromatic heterocycles. The fourth-order valence-electron chi connectivity index (χ4n) is 2.47. The van der Waals surface area contributed by atoms with Crippen molar-refractivity contribution in [2.24, 2.45) is 0 Å². The van der Waals surface area contributed by atoms with Crippen molar-refractivity contribution in [3.63, 3.8) is 0 Å². The Morgan fingerprint density at radius 1 is 1.22 bits per heavy atom. The first-order valence-electron chi connectivity index (χ1n) is 6.25. The van der Waals surface area contributed by atoms with Crippen molar-refractivity contribution in [1.82, 2.24) is 5.32 Å². The molecule has 0 heterocycles. The highest BCUT2D eigenvalue weighted by Crippen LogP contribution is 2.30. The van der Waals surface area contributed by atoms with Crippen LogP contribution >= 0.6 is 23.2 Å². The molecule has 1 aliphatic carbocycles. The molecule has 0 radical (unpaired) electrons. The van der Waals surface area contributed by atoms with E-state index in [1.54, 1.807) is 12.1 Å². The molecule has 0 spiro atoms. The zero-order valence-electron chi connectivity index (χ0n) is 10.2. The average molecular weight is 286 g/mol. The van der Waals surface area contributed by atoms with Gasteiger partial charge in [0, 0.05) is 10.9 Å². The van der Waals surface area contributed by atoms with Crippen LogP contribution in [0.3, 0.4) is 0 Å². The number of benzene rings is 1. The largest absolute Gasteiger partial charge is 0.349 e. The second-order valence-electron chi connectivity index (χ2n) is 4.97. The third-order valence-corrected chi connectivity index (χ3v) is 4.26. The van der Waals surface area contributed by atoms with E-state index in [1.807, 2.05) is 12.1 Å². The Labute approximate surface area is 118 Å². The third-order valence-electron chi connectivity index (χ3n) is 3.50. The lowest BCUT2D eigenvalue weighted by atomic mass is 9.99. The molecule has 1 N–H and O–H groups in total. The summed E-state index contributed by atoms with van der Waals surface area (Å²) in [4.78, 5) is 12.0. The zero-order valence-corrected chi connectivity index (χ0v) is 11.7. The minimum absolute atomic E-state index is 0.0415. The quantitative estimate of drug-likeness (QED) is 0.843. The topological polar surface area (TPSA) is 29.1 Å². The molecule has 0 aliphatic heterocycles. The van der Waals surface area contributed by atoms with Crippen molar-refractivity contribution in [2.45, 2.75) is 37.6 Å². The van der Waals surface area contributed by atoms with Crippen LogP contribution in [0, 0.1) is 0 Å². The number of halogens is 2. The lowest BCUT2D eigenvalue weighted by Crippen LogP contribution is -2.48. The normalized spacial score (nSPS) is 17.7. The molecule has 1 aromatic rings. The molecule has 2 rings (SSSR count). The Hall–Kier alpha value is -0.730. The van der Waals surface area contributed by atoms with Gasteiger partial charge in [0.15, 0.2) is 0 Å². The van der Waals surface area contributed by atoms with Crippen LogP contribution in [0.25, 0.3) is 0 Å². The molecule has 18 heavy (non-hydrogen) atoms. The van der Waals surface area contributed by atoms with Gasteiger partial charge in [-0.05, 0) is 30.5 Å². The highest BCUT2D eigenvalue weighted by Gasteiger charge is 2.34. The van der Waals surface area contributed by atoms with Gasteiger partial charge in [-0.15, -0.1) is 11.6 Å². The van der Waals surface area contributed by atoms with E-state index in [0.29, 0.717) is 17.3 Å². The first-order chi connectivity index (χ1) is 8.63. The van der Waals surface area contributed by atoms with Gasteiger partial charge in [0.2, 0.25) is 5.91 Å². The van der Waals surface area contributed by atoms with Crippen molar-refractivity contribution in [3.05, 3.63) is 34.9 Å². The Balaban J connectivity index is 1.94. The van der Waals surface area contributed by atoms with E-state index < -0.39 is 0 Å². The van der Waals surface area contributed by atoms with E-state index in [0.717, 1.165) is 31.2 Å². The van der Waals surface area contributed by atoms with Crippen molar-refractivity contribution in [2.75, 3.05) is 5.88 Å². The van der Waals surface area contributed by atoms with Crippen LogP contribution in [0.1, 0.15) is 31.2 Å². The molecule has 1 fully saturated rings. The number of hydrogen-bond acceptors (Lipinski definition) is 1. The molecule has 1 aliphatic rings. The molecule has 1 saturated carbocycles. The number of rotatable bonds is 4. The summed E-state index contributed by atoms with van der Waals surface area (Å²) in [5.74, 6) is 0.541. The van der Waals surface area contributed by atoms with E-state index in [-0.39, 0.29) is 11.4 Å². The smallest absolute Gasteiger partial charge is 0.224 e. The second-order valence-corrected chi connectivity index (χ2v) is 5.68. The van der Waals surface area contributed by atoms with Gasteiger partial charge in [-0.25, -0.2) is 0 Å². The predicted octanol–water partition coefficient (Wildman–Crippen LogP) is 3.55. The maximum Gasteiger partial charge on any atom is 0.224 e. The van der Waals surface area contributed by atoms with Gasteiger partial charge in [0.1, 0.15) is 0 Å². The summed E-state index contributed by atoms with van der Waals surface area (Å²) in [6, 6.07) is 7.36. The monoisotopic (exact) mass is 285 g/mol. The van der Waals surface area contributed by atoms with Crippen LogP contribution in [0.5, 0.6) is 0 Å². The standard InChI is InChI=1S/C14H17Cl2NO/c15-10-14(7-1-2-8-14)17-13(18)9-11-3-5-12(16)6-4-11/h3-6H,1-2,7-10H2,(H,17,18). The van der Waals surface area contributed by atoms with Gasteiger partial charge < -0.3 is 5.32 Å². The Bertz CT molecular complexity index is 410. The second kappa shape index (κ2) is 5.94. The Morgan fingerprint density at radius 3 is 2.39 bits per heavy atom. The molecule has 1 amide bonds. The average Bonchev–Trinajstić information content (AvgIpc) is 2.81. The Morgan fingerprint density at radius 2 is 1.83 bits per heavy atom. The van der Waals surface area contributed by atoms with Crippen molar-refractivity contribution in [1.29, 1.82) is 0 Å². The van der Waals surface area contributed by atoms with Crippen LogP contribution in [0.15, 0.2) is 24.3 Å². The number of amides is 1. The van der Waals surface area contributed by atoms with Crippen molar-refractivity contribution in [3.8, 4) is 0 Å². The van der Waals surface area contributed by atoms with Gasteiger partial charge in [0.25, 0.3) is 0 Å². The summed E-state index contributed by atoms with van der Waals surface area (Å²) >= 11 is 11.8. The first-order valence-corrected chi connectivity index (χ1v) is 7.16. The summed E-state index contributed by atoms with van der Waals surface area (Å²) in [5.41, 5.74) is 0.796. The summed E-state index contributed by atoms with van der Waals surface area (Å²) in [6.07, 6.45) is 4.66. The summed E-state index contributed by atoms with van der Waals surface area (Å²) in [5, 5.41) is 3.79. The van der Waals surface area contributed by atoms with Crippen LogP contribution in [-0.2, 0) is 11.2 Å². The van der Waals surface area contributed by atoms with E-state index in [9.17, 15) is 4.79 Å². The number of nitrogens with one attached hydrogen (secondary N) is 1. The third kappa shape index (κ3) is 3.39.